The first-order chi connectivity index (χ1) is 15.1. The van der Waals surface area contributed by atoms with E-state index in [0.717, 1.165) is 18.8 Å². The summed E-state index contributed by atoms with van der Waals surface area (Å²) in [4.78, 5) is 24.1. The second kappa shape index (κ2) is 15.2. The summed E-state index contributed by atoms with van der Waals surface area (Å²) in [6.07, 6.45) is 10.1. The van der Waals surface area contributed by atoms with Gasteiger partial charge in [-0.15, -0.1) is 0 Å². The van der Waals surface area contributed by atoms with Gasteiger partial charge in [0.05, 0.1) is 36.6 Å². The Labute approximate surface area is 194 Å². The molecular formula is C26H44O6. The Kier molecular flexibility index (Phi) is 13.5. The highest BCUT2D eigenvalue weighted by molar-refractivity contribution is 5.89. The monoisotopic (exact) mass is 452 g/mol. The Balaban J connectivity index is 2.53. The van der Waals surface area contributed by atoms with Gasteiger partial charge in [0, 0.05) is 5.92 Å². The maximum absolute atomic E-state index is 12.0. The Morgan fingerprint density at radius 3 is 1.69 bits per heavy atom. The maximum atomic E-state index is 12.0. The highest BCUT2D eigenvalue weighted by Gasteiger charge is 2.24. The molecule has 0 aromatic heterocycles. The van der Waals surface area contributed by atoms with E-state index in [2.05, 4.69) is 20.1 Å². The third-order valence-electron chi connectivity index (χ3n) is 6.60. The van der Waals surface area contributed by atoms with Gasteiger partial charge in [-0.25, -0.2) is 9.59 Å². The molecule has 2 atom stereocenters. The Morgan fingerprint density at radius 2 is 1.28 bits per heavy atom. The van der Waals surface area contributed by atoms with Gasteiger partial charge in [-0.1, -0.05) is 71.4 Å². The van der Waals surface area contributed by atoms with Crippen molar-refractivity contribution >= 4 is 11.9 Å². The SMILES string of the molecule is C=C(C(=O)OCC(CCC1CCC(CCCCC)CC1)COC(=O)C(=C)C(C)O)C(C)O. The molecule has 0 aromatic carbocycles. The summed E-state index contributed by atoms with van der Waals surface area (Å²) in [7, 11) is 0. The van der Waals surface area contributed by atoms with Gasteiger partial charge < -0.3 is 19.7 Å². The van der Waals surface area contributed by atoms with Crippen LogP contribution >= 0.6 is 0 Å². The summed E-state index contributed by atoms with van der Waals surface area (Å²) in [6.45, 7) is 12.4. The summed E-state index contributed by atoms with van der Waals surface area (Å²) < 4.78 is 10.6. The predicted molar refractivity (Wildman–Crippen MR) is 126 cm³/mol. The van der Waals surface area contributed by atoms with Gasteiger partial charge in [-0.3, -0.25) is 0 Å². The largest absolute Gasteiger partial charge is 0.462 e. The molecule has 32 heavy (non-hydrogen) atoms. The van der Waals surface area contributed by atoms with Crippen LogP contribution in [-0.4, -0.2) is 47.6 Å². The number of aliphatic hydroxyl groups excluding tert-OH is 2. The number of carbonyl (C=O) groups excluding carboxylic acids is 2. The van der Waals surface area contributed by atoms with E-state index in [0.29, 0.717) is 5.92 Å². The molecule has 0 aliphatic heterocycles. The normalized spacial score (nSPS) is 21.3. The molecule has 0 bridgehead atoms. The molecule has 1 fully saturated rings. The highest BCUT2D eigenvalue weighted by Crippen LogP contribution is 2.35. The van der Waals surface area contributed by atoms with Gasteiger partial charge in [-0.2, -0.15) is 0 Å². The van der Waals surface area contributed by atoms with Crippen molar-refractivity contribution in [2.24, 2.45) is 17.8 Å². The second-order valence-corrected chi connectivity index (χ2v) is 9.43. The van der Waals surface area contributed by atoms with E-state index in [1.54, 1.807) is 0 Å². The lowest BCUT2D eigenvalue weighted by Crippen LogP contribution is -2.26. The van der Waals surface area contributed by atoms with E-state index in [-0.39, 0.29) is 30.3 Å². The smallest absolute Gasteiger partial charge is 0.336 e. The lowest BCUT2D eigenvalue weighted by molar-refractivity contribution is -0.145. The van der Waals surface area contributed by atoms with E-state index in [4.69, 9.17) is 9.47 Å². The van der Waals surface area contributed by atoms with Crippen molar-refractivity contribution in [3.05, 3.63) is 24.3 Å². The first-order valence-electron chi connectivity index (χ1n) is 12.2. The predicted octanol–water partition coefficient (Wildman–Crippen LogP) is 4.73. The number of rotatable bonds is 15. The van der Waals surface area contributed by atoms with E-state index in [1.807, 2.05) is 0 Å². The lowest BCUT2D eigenvalue weighted by atomic mass is 9.77. The molecule has 0 heterocycles. The van der Waals surface area contributed by atoms with Gasteiger partial charge in [0.25, 0.3) is 0 Å². The van der Waals surface area contributed by atoms with E-state index in [1.165, 1.54) is 65.2 Å². The van der Waals surface area contributed by atoms with Crippen molar-refractivity contribution < 1.29 is 29.3 Å². The number of ether oxygens (including phenoxy) is 2. The zero-order valence-corrected chi connectivity index (χ0v) is 20.3. The van der Waals surface area contributed by atoms with Crippen LogP contribution in [0.15, 0.2) is 24.3 Å². The van der Waals surface area contributed by atoms with Crippen LogP contribution in [0.2, 0.25) is 0 Å². The van der Waals surface area contributed by atoms with Gasteiger partial charge in [-0.05, 0) is 38.5 Å². The summed E-state index contributed by atoms with van der Waals surface area (Å²) in [5.74, 6) is 0.0584. The summed E-state index contributed by atoms with van der Waals surface area (Å²) >= 11 is 0. The molecule has 0 aromatic rings. The van der Waals surface area contributed by atoms with E-state index in [9.17, 15) is 19.8 Å². The molecule has 0 saturated heterocycles. The second-order valence-electron chi connectivity index (χ2n) is 9.43. The third kappa shape index (κ3) is 10.8. The van der Waals surface area contributed by atoms with Gasteiger partial charge in [0.1, 0.15) is 0 Å². The lowest BCUT2D eigenvalue weighted by Gasteiger charge is -2.29. The fourth-order valence-electron chi connectivity index (χ4n) is 4.09. The van der Waals surface area contributed by atoms with Crippen molar-refractivity contribution in [2.45, 2.75) is 97.2 Å². The zero-order chi connectivity index (χ0) is 24.1. The first-order valence-corrected chi connectivity index (χ1v) is 12.2. The van der Waals surface area contributed by atoms with E-state index >= 15 is 0 Å². The van der Waals surface area contributed by atoms with Crippen molar-refractivity contribution in [1.82, 2.24) is 0 Å². The minimum Gasteiger partial charge on any atom is -0.462 e. The molecule has 184 valence electrons. The standard InChI is InChI=1S/C26H44O6/c1-6-7-8-9-22-10-12-23(13-11-22)14-15-24(16-31-25(29)18(2)20(4)27)17-32-26(30)19(3)21(5)28/h20-24,27-28H,2-3,6-17H2,1,4-5H3. The maximum Gasteiger partial charge on any atom is 0.336 e. The fourth-order valence-corrected chi connectivity index (χ4v) is 4.09. The van der Waals surface area contributed by atoms with Crippen LogP contribution in [0.4, 0.5) is 0 Å². The van der Waals surface area contributed by atoms with Crippen LogP contribution in [0.3, 0.4) is 0 Å². The molecule has 6 nitrogen and oxygen atoms in total. The quantitative estimate of drug-likeness (QED) is 0.212. The molecule has 1 aliphatic rings. The molecule has 1 saturated carbocycles. The topological polar surface area (TPSA) is 93.1 Å². The molecule has 6 heteroatoms. The molecule has 0 amide bonds. The molecular weight excluding hydrogens is 408 g/mol. The Hall–Kier alpha value is -1.66. The third-order valence-corrected chi connectivity index (χ3v) is 6.60. The van der Waals surface area contributed by atoms with Gasteiger partial charge >= 0.3 is 11.9 Å². The fraction of sp³-hybridized carbons (Fsp3) is 0.769. The number of esters is 2. The van der Waals surface area contributed by atoms with Crippen LogP contribution in [0.1, 0.15) is 85.0 Å². The molecule has 0 radical (unpaired) electrons. The minimum atomic E-state index is -0.972. The summed E-state index contributed by atoms with van der Waals surface area (Å²) in [5, 5.41) is 19.0. The first kappa shape index (κ1) is 28.4. The van der Waals surface area contributed by atoms with Crippen LogP contribution in [-0.2, 0) is 19.1 Å². The molecule has 2 unspecified atom stereocenters. The molecule has 1 aliphatic carbocycles. The highest BCUT2D eigenvalue weighted by atomic mass is 16.5. The van der Waals surface area contributed by atoms with Crippen molar-refractivity contribution in [2.75, 3.05) is 13.2 Å². The summed E-state index contributed by atoms with van der Waals surface area (Å²) in [5.41, 5.74) is 0.00856. The van der Waals surface area contributed by atoms with E-state index < -0.39 is 24.1 Å². The zero-order valence-electron chi connectivity index (χ0n) is 20.3. The van der Waals surface area contributed by atoms with Crippen LogP contribution in [0.25, 0.3) is 0 Å². The number of carbonyl (C=O) groups is 2. The van der Waals surface area contributed by atoms with Crippen LogP contribution < -0.4 is 0 Å². The number of hydrogen-bond donors (Lipinski definition) is 2. The van der Waals surface area contributed by atoms with Crippen molar-refractivity contribution in [3.8, 4) is 0 Å². The number of hydrogen-bond acceptors (Lipinski definition) is 6. The van der Waals surface area contributed by atoms with Gasteiger partial charge in [0.15, 0.2) is 0 Å². The number of aliphatic hydroxyl groups is 2. The van der Waals surface area contributed by atoms with Crippen LogP contribution in [0, 0.1) is 17.8 Å². The Bertz CT molecular complexity index is 565. The van der Waals surface area contributed by atoms with Crippen molar-refractivity contribution in [1.29, 1.82) is 0 Å². The Morgan fingerprint density at radius 1 is 0.844 bits per heavy atom. The number of unbranched alkanes of at least 4 members (excludes halogenated alkanes) is 2. The summed E-state index contributed by atoms with van der Waals surface area (Å²) in [6, 6.07) is 0. The molecule has 2 N–H and O–H groups in total. The molecule has 1 rings (SSSR count). The van der Waals surface area contributed by atoms with Gasteiger partial charge in [0.2, 0.25) is 0 Å². The average Bonchev–Trinajstić information content (AvgIpc) is 2.77. The molecule has 0 spiro atoms. The van der Waals surface area contributed by atoms with Crippen LogP contribution in [0.5, 0.6) is 0 Å². The minimum absolute atomic E-state index is 0.00428. The average molecular weight is 453 g/mol. The van der Waals surface area contributed by atoms with Crippen molar-refractivity contribution in [3.63, 3.8) is 0 Å².